The molecule has 0 aliphatic carbocycles. The molecule has 0 aliphatic rings. The summed E-state index contributed by atoms with van der Waals surface area (Å²) < 4.78 is 31.7. The molecule has 0 fully saturated rings. The second-order valence-corrected chi connectivity index (χ2v) is 10.5. The van der Waals surface area contributed by atoms with Gasteiger partial charge in [0, 0.05) is 17.7 Å². The zero-order valence-electron chi connectivity index (χ0n) is 26.7. The smallest absolute Gasteiger partial charge is 0.261 e. The van der Waals surface area contributed by atoms with Crippen molar-refractivity contribution in [1.82, 2.24) is 39.1 Å². The fraction of sp³-hybridized carbons (Fsp3) is 0.233. The van der Waals surface area contributed by atoms with Crippen LogP contribution >= 0.6 is 11.6 Å². The molecule has 2 aromatic carbocycles. The van der Waals surface area contributed by atoms with E-state index in [9.17, 15) is 9.59 Å². The van der Waals surface area contributed by atoms with E-state index in [0.29, 0.717) is 45.6 Å². The van der Waals surface area contributed by atoms with Gasteiger partial charge in [-0.05, 0) is 66.1 Å². The van der Waals surface area contributed by atoms with Crippen LogP contribution in [0.25, 0.3) is 28.1 Å². The quantitative estimate of drug-likeness (QED) is 0.185. The first-order chi connectivity index (χ1) is 21.9. The number of carbonyl (C=O) groups excluding carboxylic acids is 1. The number of imidazole rings is 1. The van der Waals surface area contributed by atoms with Crippen LogP contribution in [0.4, 0.5) is 5.69 Å². The first kappa shape index (κ1) is 24.5. The van der Waals surface area contributed by atoms with Crippen LogP contribution in [0.5, 0.6) is 5.75 Å². The van der Waals surface area contributed by atoms with Crippen LogP contribution in [0.2, 0.25) is 5.15 Å². The Labute approximate surface area is 255 Å². The highest BCUT2D eigenvalue weighted by molar-refractivity contribution is 6.29. The van der Waals surface area contributed by atoms with Gasteiger partial charge in [-0.25, -0.2) is 9.97 Å². The second-order valence-electron chi connectivity index (χ2n) is 10.1. The van der Waals surface area contributed by atoms with E-state index >= 15 is 0 Å². The van der Waals surface area contributed by atoms with Gasteiger partial charge in [0.05, 0.1) is 36.7 Å². The summed E-state index contributed by atoms with van der Waals surface area (Å²) in [7, 11) is 3.20. The van der Waals surface area contributed by atoms with Gasteiger partial charge in [-0.3, -0.25) is 18.6 Å². The van der Waals surface area contributed by atoms with Crippen molar-refractivity contribution in [2.75, 3.05) is 12.0 Å². The summed E-state index contributed by atoms with van der Waals surface area (Å²) in [5.41, 5.74) is 4.10. The van der Waals surface area contributed by atoms with Gasteiger partial charge in [0.1, 0.15) is 28.6 Å². The number of rotatable bonds is 8. The first-order valence-corrected chi connectivity index (χ1v) is 13.6. The zero-order chi connectivity index (χ0) is 32.9. The van der Waals surface area contributed by atoms with Crippen molar-refractivity contribution in [2.24, 2.45) is 14.0 Å². The third kappa shape index (κ3) is 4.89. The van der Waals surface area contributed by atoms with Crippen LogP contribution in [0, 0.1) is 6.92 Å². The lowest BCUT2D eigenvalue weighted by molar-refractivity contribution is 0.112. The van der Waals surface area contributed by atoms with E-state index in [1.807, 2.05) is 55.1 Å². The molecule has 13 heteroatoms. The summed E-state index contributed by atoms with van der Waals surface area (Å²) in [4.78, 5) is 36.9. The van der Waals surface area contributed by atoms with Gasteiger partial charge in [0.25, 0.3) is 5.56 Å². The van der Waals surface area contributed by atoms with Gasteiger partial charge in [-0.1, -0.05) is 29.8 Å². The molecule has 0 radical (unpaired) electrons. The molecule has 0 aliphatic heterocycles. The van der Waals surface area contributed by atoms with E-state index in [-0.39, 0.29) is 27.9 Å². The van der Waals surface area contributed by atoms with E-state index < -0.39 is 13.0 Å². The summed E-state index contributed by atoms with van der Waals surface area (Å²) in [6.45, 7) is 1.57. The van der Waals surface area contributed by atoms with Crippen LogP contribution < -0.4 is 15.2 Å². The predicted octanol–water partition coefficient (Wildman–Crippen LogP) is 4.32. The molecule has 4 heterocycles. The molecule has 0 saturated heterocycles. The van der Waals surface area contributed by atoms with Gasteiger partial charge in [0.15, 0.2) is 11.9 Å². The Morgan fingerprint density at radius 2 is 1.98 bits per heavy atom. The van der Waals surface area contributed by atoms with E-state index in [1.54, 1.807) is 30.7 Å². The molecule has 0 bridgehead atoms. The summed E-state index contributed by atoms with van der Waals surface area (Å²) in [6.07, 6.45) is 2.16. The molecule has 6 aromatic rings. The van der Waals surface area contributed by atoms with Crippen LogP contribution in [0.1, 0.15) is 44.3 Å². The maximum Gasteiger partial charge on any atom is 0.261 e. The molecule has 4 aromatic heterocycles. The minimum Gasteiger partial charge on any atom is -0.497 e. The number of hydrogen-bond acceptors (Lipinski definition) is 9. The molecule has 1 atom stereocenters. The molecule has 0 N–H and O–H groups in total. The van der Waals surface area contributed by atoms with Crippen molar-refractivity contribution in [2.45, 2.75) is 26.4 Å². The largest absolute Gasteiger partial charge is 0.497 e. The standard InChI is InChI=1S/C30H28ClN9O3/c1-17-12-21(27-22(13-17)30(42)37(3)29-23(15-41)32-16-40(27)29)18(2)39(14-19-6-8-20(43-5)9-7-19)24-10-11-25(31)33-26(24)28-34-36-38(4)35-28/h6-13,15-16,18H,14H2,1-5H3/i4D3. The second kappa shape index (κ2) is 11.0. The molecule has 0 saturated carbocycles. The topological polar surface area (TPSA) is 125 Å². The van der Waals surface area contributed by atoms with E-state index in [1.165, 1.54) is 10.9 Å². The summed E-state index contributed by atoms with van der Waals surface area (Å²) >= 11 is 6.36. The van der Waals surface area contributed by atoms with Crippen molar-refractivity contribution < 1.29 is 13.6 Å². The maximum atomic E-state index is 13.7. The third-order valence-corrected chi connectivity index (χ3v) is 7.67. The van der Waals surface area contributed by atoms with Crippen molar-refractivity contribution >= 4 is 40.1 Å². The number of halogens is 1. The van der Waals surface area contributed by atoms with Gasteiger partial charge in [-0.2, -0.15) is 4.80 Å². The van der Waals surface area contributed by atoms with E-state index in [2.05, 4.69) is 25.4 Å². The Balaban J connectivity index is 1.61. The fourth-order valence-electron chi connectivity index (χ4n) is 5.43. The molecular weight excluding hydrogens is 570 g/mol. The lowest BCUT2D eigenvalue weighted by Crippen LogP contribution is -2.29. The predicted molar refractivity (Wildman–Crippen MR) is 163 cm³/mol. The molecule has 12 nitrogen and oxygen atoms in total. The van der Waals surface area contributed by atoms with Gasteiger partial charge >= 0.3 is 0 Å². The Morgan fingerprint density at radius 1 is 1.19 bits per heavy atom. The number of carbonyl (C=O) groups is 1. The molecular formula is C30H28ClN9O3. The number of aromatic nitrogens is 8. The van der Waals surface area contributed by atoms with Gasteiger partial charge < -0.3 is 9.64 Å². The molecule has 1 unspecified atom stereocenters. The van der Waals surface area contributed by atoms with Gasteiger partial charge in [-0.15, -0.1) is 10.2 Å². The number of pyridine rings is 1. The van der Waals surface area contributed by atoms with Crippen molar-refractivity contribution in [1.29, 1.82) is 0 Å². The average Bonchev–Trinajstić information content (AvgIpc) is 3.71. The Hall–Kier alpha value is -5.10. The number of aldehydes is 1. The Morgan fingerprint density at radius 3 is 2.67 bits per heavy atom. The average molecular weight is 601 g/mol. The first-order valence-electron chi connectivity index (χ1n) is 14.7. The molecule has 0 amide bonds. The highest BCUT2D eigenvalue weighted by atomic mass is 35.5. The number of nitrogens with zero attached hydrogens (tertiary/aromatic N) is 9. The molecule has 0 spiro atoms. The minimum absolute atomic E-state index is 0.0313. The maximum absolute atomic E-state index is 13.7. The molecule has 218 valence electrons. The van der Waals surface area contributed by atoms with E-state index in [4.69, 9.17) is 20.5 Å². The summed E-state index contributed by atoms with van der Waals surface area (Å²) in [5, 5.41) is 12.5. The fourth-order valence-corrected chi connectivity index (χ4v) is 5.58. The minimum atomic E-state index is -2.65. The van der Waals surface area contributed by atoms with Crippen LogP contribution in [-0.4, -0.2) is 52.5 Å². The van der Waals surface area contributed by atoms with Crippen molar-refractivity contribution in [3.05, 3.63) is 92.7 Å². The number of benzene rings is 2. The third-order valence-electron chi connectivity index (χ3n) is 7.46. The van der Waals surface area contributed by atoms with Gasteiger partial charge in [0.2, 0.25) is 5.82 Å². The number of tetrazole rings is 1. The zero-order valence-corrected chi connectivity index (χ0v) is 24.4. The number of fused-ring (bicyclic) bond motifs is 3. The van der Waals surface area contributed by atoms with Crippen molar-refractivity contribution in [3.63, 3.8) is 0 Å². The Kier molecular flexibility index (Phi) is 6.24. The highest BCUT2D eigenvalue weighted by Crippen LogP contribution is 2.38. The SMILES string of the molecule is [2H]C([2H])([2H])n1nnc(-c2nc(Cl)ccc2N(Cc2ccc(OC)cc2)C(C)c2cc(C)cc3c(=O)n(C)c4c(C=O)ncn4c23)n1. The molecule has 43 heavy (non-hydrogen) atoms. The number of ether oxygens (including phenoxy) is 1. The van der Waals surface area contributed by atoms with Crippen LogP contribution in [0.3, 0.4) is 0 Å². The lowest BCUT2D eigenvalue weighted by atomic mass is 9.98. The van der Waals surface area contributed by atoms with Crippen LogP contribution in [0.15, 0.2) is 59.7 Å². The summed E-state index contributed by atoms with van der Waals surface area (Å²) in [5.74, 6) is 0.660. The highest BCUT2D eigenvalue weighted by Gasteiger charge is 2.27. The Bertz CT molecular complexity index is 2180. The number of hydrogen-bond donors (Lipinski definition) is 0. The summed E-state index contributed by atoms with van der Waals surface area (Å²) in [6, 6.07) is 14.3. The normalized spacial score (nSPS) is 13.5. The number of methoxy groups -OCH3 is 1. The molecule has 6 rings (SSSR count). The van der Waals surface area contributed by atoms with Crippen molar-refractivity contribution in [3.8, 4) is 17.3 Å². The number of aryl methyl sites for hydroxylation is 3. The monoisotopic (exact) mass is 600 g/mol. The number of anilines is 1. The van der Waals surface area contributed by atoms with E-state index in [0.717, 1.165) is 16.7 Å². The lowest BCUT2D eigenvalue weighted by Gasteiger charge is -2.33. The van der Waals surface area contributed by atoms with Crippen LogP contribution in [-0.2, 0) is 20.6 Å².